The first-order valence-electron chi connectivity index (χ1n) is 11.6. The van der Waals surface area contributed by atoms with Crippen LogP contribution in [0.5, 0.6) is 0 Å². The highest BCUT2D eigenvalue weighted by Gasteiger charge is 2.43. The molecule has 5 rings (SSSR count). The van der Waals surface area contributed by atoms with Crippen LogP contribution < -0.4 is 10.2 Å². The molecular formula is C24H25ClN6O4. The number of imide groups is 1. The summed E-state index contributed by atoms with van der Waals surface area (Å²) in [6.45, 7) is 4.36. The lowest BCUT2D eigenvalue weighted by molar-refractivity contribution is -0.141. The molecule has 182 valence electrons. The van der Waals surface area contributed by atoms with Crippen molar-refractivity contribution in [2.75, 3.05) is 31.1 Å². The Morgan fingerprint density at radius 3 is 2.60 bits per heavy atom. The van der Waals surface area contributed by atoms with Crippen LogP contribution in [0.4, 0.5) is 5.82 Å². The second kappa shape index (κ2) is 9.80. The zero-order valence-electron chi connectivity index (χ0n) is 19.0. The predicted molar refractivity (Wildman–Crippen MR) is 127 cm³/mol. The standard InChI is InChI=1S/C24H25ClN6O4/c25-20-4-5-21(28-27-20)30-9-7-29(8-10-30)12-15-1-2-16-13-31(18-3-6-22(34)26-24(18)35)23(17(16)11-15)19(33)14-32/h1-2,4-5,11,14,18,23H,3,6-10,12-13H2,(H,26,34,35). The molecule has 0 spiro atoms. The van der Waals surface area contributed by atoms with Crippen LogP contribution in [0, 0.1) is 0 Å². The highest BCUT2D eigenvalue weighted by atomic mass is 35.5. The zero-order valence-corrected chi connectivity index (χ0v) is 19.8. The van der Waals surface area contributed by atoms with Crippen LogP contribution in [0.1, 0.15) is 35.6 Å². The molecule has 2 amide bonds. The number of aromatic nitrogens is 2. The Hall–Kier alpha value is -3.21. The summed E-state index contributed by atoms with van der Waals surface area (Å²) in [5.74, 6) is -0.508. The van der Waals surface area contributed by atoms with Gasteiger partial charge in [0.2, 0.25) is 17.6 Å². The smallest absolute Gasteiger partial charge is 0.243 e. The summed E-state index contributed by atoms with van der Waals surface area (Å²) in [6, 6.07) is 8.14. The van der Waals surface area contributed by atoms with Crippen LogP contribution in [-0.4, -0.2) is 76.1 Å². The van der Waals surface area contributed by atoms with Gasteiger partial charge in [0.05, 0.1) is 6.04 Å². The number of nitrogens with one attached hydrogen (secondary N) is 1. The first-order valence-corrected chi connectivity index (χ1v) is 12.0. The molecule has 3 aliphatic heterocycles. The Balaban J connectivity index is 1.29. The van der Waals surface area contributed by atoms with E-state index in [-0.39, 0.29) is 12.3 Å². The summed E-state index contributed by atoms with van der Waals surface area (Å²) in [4.78, 5) is 54.4. The van der Waals surface area contributed by atoms with Gasteiger partial charge in [0, 0.05) is 45.7 Å². The highest BCUT2D eigenvalue weighted by molar-refractivity contribution is 6.29. The quantitative estimate of drug-likeness (QED) is 0.353. The number of fused-ring (bicyclic) bond motifs is 1. The summed E-state index contributed by atoms with van der Waals surface area (Å²) in [7, 11) is 0. The fourth-order valence-electron chi connectivity index (χ4n) is 5.15. The molecule has 35 heavy (non-hydrogen) atoms. The Morgan fingerprint density at radius 1 is 1.11 bits per heavy atom. The number of carbonyl (C=O) groups is 4. The number of carbonyl (C=O) groups excluding carboxylic acids is 4. The molecule has 1 N–H and O–H groups in total. The molecule has 0 aliphatic carbocycles. The van der Waals surface area contributed by atoms with Crippen molar-refractivity contribution in [1.29, 1.82) is 0 Å². The zero-order chi connectivity index (χ0) is 24.5. The maximum atomic E-state index is 12.7. The van der Waals surface area contributed by atoms with Gasteiger partial charge in [-0.3, -0.25) is 34.3 Å². The third-order valence-electron chi connectivity index (χ3n) is 6.91. The van der Waals surface area contributed by atoms with E-state index in [1.54, 1.807) is 11.0 Å². The fourth-order valence-corrected chi connectivity index (χ4v) is 5.25. The van der Waals surface area contributed by atoms with Gasteiger partial charge in [0.15, 0.2) is 17.3 Å². The number of piperidine rings is 1. The van der Waals surface area contributed by atoms with E-state index in [0.29, 0.717) is 30.9 Å². The molecule has 0 saturated carbocycles. The minimum absolute atomic E-state index is 0.212. The van der Waals surface area contributed by atoms with Crippen molar-refractivity contribution in [2.24, 2.45) is 0 Å². The van der Waals surface area contributed by atoms with Gasteiger partial charge in [0.25, 0.3) is 0 Å². The number of aldehydes is 1. The maximum absolute atomic E-state index is 12.7. The number of rotatable bonds is 6. The number of hydrogen-bond acceptors (Lipinski definition) is 9. The lowest BCUT2D eigenvalue weighted by atomic mass is 9.97. The number of halogens is 1. The van der Waals surface area contributed by atoms with Gasteiger partial charge in [-0.2, -0.15) is 0 Å². The van der Waals surface area contributed by atoms with Gasteiger partial charge < -0.3 is 4.90 Å². The van der Waals surface area contributed by atoms with Gasteiger partial charge in [-0.1, -0.05) is 29.8 Å². The van der Waals surface area contributed by atoms with E-state index in [9.17, 15) is 19.2 Å². The van der Waals surface area contributed by atoms with Gasteiger partial charge in [-0.25, -0.2) is 0 Å². The summed E-state index contributed by atoms with van der Waals surface area (Å²) in [6.07, 6.45) is 0.866. The number of piperazine rings is 1. The van der Waals surface area contributed by atoms with Crippen LogP contribution in [0.15, 0.2) is 30.3 Å². The van der Waals surface area contributed by atoms with Crippen molar-refractivity contribution in [1.82, 2.24) is 25.3 Å². The van der Waals surface area contributed by atoms with Crippen molar-refractivity contribution < 1.29 is 19.2 Å². The number of hydrogen-bond donors (Lipinski definition) is 1. The molecule has 1 aromatic heterocycles. The largest absolute Gasteiger partial charge is 0.353 e. The average molecular weight is 497 g/mol. The maximum Gasteiger partial charge on any atom is 0.243 e. The minimum Gasteiger partial charge on any atom is -0.353 e. The van der Waals surface area contributed by atoms with E-state index >= 15 is 0 Å². The fraction of sp³-hybridized carbons (Fsp3) is 0.417. The molecule has 2 saturated heterocycles. The third-order valence-corrected chi connectivity index (χ3v) is 7.11. The van der Waals surface area contributed by atoms with Gasteiger partial charge >= 0.3 is 0 Å². The second-order valence-corrected chi connectivity index (χ2v) is 9.46. The summed E-state index contributed by atoms with van der Waals surface area (Å²) in [5, 5.41) is 10.8. The van der Waals surface area contributed by atoms with E-state index in [0.717, 1.165) is 48.7 Å². The van der Waals surface area contributed by atoms with Gasteiger partial charge in [0.1, 0.15) is 6.04 Å². The number of anilines is 1. The van der Waals surface area contributed by atoms with Crippen LogP contribution in [-0.2, 0) is 32.3 Å². The Labute approximate surface area is 207 Å². The van der Waals surface area contributed by atoms with Crippen molar-refractivity contribution in [3.8, 4) is 0 Å². The van der Waals surface area contributed by atoms with Gasteiger partial charge in [-0.15, -0.1) is 10.2 Å². The molecule has 10 nitrogen and oxygen atoms in total. The molecule has 4 heterocycles. The number of ketones is 1. The van der Waals surface area contributed by atoms with E-state index in [1.165, 1.54) is 0 Å². The number of amides is 2. The third kappa shape index (κ3) is 4.82. The number of benzene rings is 1. The van der Waals surface area contributed by atoms with Crippen molar-refractivity contribution in [3.63, 3.8) is 0 Å². The van der Waals surface area contributed by atoms with E-state index in [2.05, 4.69) is 25.3 Å². The second-order valence-electron chi connectivity index (χ2n) is 9.07. The van der Waals surface area contributed by atoms with Crippen molar-refractivity contribution in [2.45, 2.75) is 38.0 Å². The first kappa shape index (κ1) is 23.5. The van der Waals surface area contributed by atoms with Crippen molar-refractivity contribution >= 4 is 41.3 Å². The molecule has 0 bridgehead atoms. The molecule has 2 aromatic rings. The van der Waals surface area contributed by atoms with E-state index in [4.69, 9.17) is 11.6 Å². The lowest BCUT2D eigenvalue weighted by Gasteiger charge is -2.35. The minimum atomic E-state index is -0.813. The summed E-state index contributed by atoms with van der Waals surface area (Å²) in [5.41, 5.74) is 2.72. The molecule has 2 fully saturated rings. The predicted octanol–water partition coefficient (Wildman–Crippen LogP) is 0.882. The normalized spacial score (nSPS) is 23.2. The average Bonchev–Trinajstić information content (AvgIpc) is 3.23. The topological polar surface area (TPSA) is 116 Å². The molecule has 1 aromatic carbocycles. The lowest BCUT2D eigenvalue weighted by Crippen LogP contribution is -2.52. The van der Waals surface area contributed by atoms with Crippen LogP contribution in [0.3, 0.4) is 0 Å². The Morgan fingerprint density at radius 2 is 1.91 bits per heavy atom. The SMILES string of the molecule is O=CC(=O)C1c2cc(CN3CCN(c4ccc(Cl)nn4)CC3)ccc2CN1C1CCC(=O)NC1=O. The Kier molecular flexibility index (Phi) is 6.59. The van der Waals surface area contributed by atoms with Crippen LogP contribution >= 0.6 is 11.6 Å². The first-order chi connectivity index (χ1) is 16.9. The van der Waals surface area contributed by atoms with Crippen LogP contribution in [0.25, 0.3) is 0 Å². The molecule has 3 aliphatic rings. The number of nitrogens with zero attached hydrogens (tertiary/aromatic N) is 5. The van der Waals surface area contributed by atoms with E-state index in [1.807, 2.05) is 24.3 Å². The van der Waals surface area contributed by atoms with Crippen molar-refractivity contribution in [3.05, 3.63) is 52.2 Å². The summed E-state index contributed by atoms with van der Waals surface area (Å²) >= 11 is 5.83. The monoisotopic (exact) mass is 496 g/mol. The molecule has 11 heteroatoms. The molecule has 2 atom stereocenters. The summed E-state index contributed by atoms with van der Waals surface area (Å²) < 4.78 is 0. The van der Waals surface area contributed by atoms with Gasteiger partial charge in [-0.05, 0) is 35.2 Å². The molecular weight excluding hydrogens is 472 g/mol. The molecule has 2 unspecified atom stereocenters. The highest BCUT2D eigenvalue weighted by Crippen LogP contribution is 2.38. The Bertz CT molecular complexity index is 1170. The molecule has 0 radical (unpaired) electrons. The number of Topliss-reactive ketones (excluding diaryl/α,β-unsaturated/α-hetero) is 1. The van der Waals surface area contributed by atoms with E-state index < -0.39 is 23.8 Å². The van der Waals surface area contributed by atoms with Crippen LogP contribution in [0.2, 0.25) is 5.15 Å².